The van der Waals surface area contributed by atoms with Gasteiger partial charge >= 0.3 is 10.1 Å². The maximum absolute atomic E-state index is 9.19. The largest absolute Gasteiger partial charge is 0.360 e. The molecule has 0 heterocycles. The van der Waals surface area contributed by atoms with Gasteiger partial charge in [0.25, 0.3) is 0 Å². The number of nitrogens with zero attached hydrogens (tertiary/aromatic N) is 1. The first-order chi connectivity index (χ1) is 2.56. The van der Waals surface area contributed by atoms with Crippen LogP contribution in [-0.4, -0.2) is 64.4 Å². The van der Waals surface area contributed by atoms with E-state index in [4.69, 9.17) is 9.81 Å². The summed E-state index contributed by atoms with van der Waals surface area (Å²) in [5, 5.41) is 7.95. The van der Waals surface area contributed by atoms with E-state index < -0.39 is 10.1 Å². The number of thiocyanates is 1. The van der Waals surface area contributed by atoms with Crippen LogP contribution in [0.25, 0.3) is 0 Å². The molecule has 0 aromatic carbocycles. The van der Waals surface area contributed by atoms with Crippen molar-refractivity contribution in [1.82, 2.24) is 0 Å². The van der Waals surface area contributed by atoms with Crippen molar-refractivity contribution in [2.45, 2.75) is 0 Å². The SMILES string of the molecule is N#CS(=O)(=O)O.[K]. The Hall–Kier alpha value is 1.04. The predicted octanol–water partition coefficient (Wildman–Crippen LogP) is -1.03. The van der Waals surface area contributed by atoms with Gasteiger partial charge in [-0.25, -0.2) is 0 Å². The summed E-state index contributed by atoms with van der Waals surface area (Å²) >= 11 is 0. The van der Waals surface area contributed by atoms with E-state index in [-0.39, 0.29) is 51.4 Å². The van der Waals surface area contributed by atoms with Gasteiger partial charge in [0, 0.05) is 51.4 Å². The summed E-state index contributed by atoms with van der Waals surface area (Å²) < 4.78 is 25.8. The van der Waals surface area contributed by atoms with Gasteiger partial charge in [-0.1, -0.05) is 0 Å². The van der Waals surface area contributed by atoms with E-state index in [0.717, 1.165) is 0 Å². The van der Waals surface area contributed by atoms with Crippen molar-refractivity contribution in [3.8, 4) is 5.40 Å². The summed E-state index contributed by atoms with van der Waals surface area (Å²) in [5.74, 6) is 0. The van der Waals surface area contributed by atoms with E-state index in [9.17, 15) is 8.42 Å². The molecule has 7 heavy (non-hydrogen) atoms. The van der Waals surface area contributed by atoms with E-state index in [1.54, 1.807) is 0 Å². The van der Waals surface area contributed by atoms with Crippen molar-refractivity contribution in [2.24, 2.45) is 0 Å². The summed E-state index contributed by atoms with van der Waals surface area (Å²) in [4.78, 5) is 0. The molecule has 0 unspecified atom stereocenters. The average Bonchev–Trinajstić information content (AvgIpc) is 1.35. The second kappa shape index (κ2) is 3.97. The van der Waals surface area contributed by atoms with Gasteiger partial charge < -0.3 is 0 Å². The van der Waals surface area contributed by atoms with Crippen molar-refractivity contribution in [1.29, 1.82) is 5.26 Å². The van der Waals surface area contributed by atoms with Crippen LogP contribution in [0.3, 0.4) is 0 Å². The van der Waals surface area contributed by atoms with Gasteiger partial charge in [0.05, 0.1) is 0 Å². The number of hydrogen-bond donors (Lipinski definition) is 1. The third kappa shape index (κ3) is 11.0. The van der Waals surface area contributed by atoms with E-state index >= 15 is 0 Å². The minimum atomic E-state index is -4.36. The molecule has 0 aliphatic carbocycles. The molecule has 6 heteroatoms. The Kier molecular flexibility index (Phi) is 6.19. The molecule has 0 aromatic rings. The molecular weight excluding hydrogens is 145 g/mol. The zero-order valence-electron chi connectivity index (χ0n) is 3.62. The van der Waals surface area contributed by atoms with Crippen molar-refractivity contribution in [3.63, 3.8) is 0 Å². The zero-order valence-corrected chi connectivity index (χ0v) is 7.56. The predicted molar refractivity (Wildman–Crippen MR) is 22.9 cm³/mol. The Balaban J connectivity index is 0. The molecule has 0 saturated heterocycles. The van der Waals surface area contributed by atoms with Crippen LogP contribution in [0.1, 0.15) is 0 Å². The molecule has 0 atom stereocenters. The molecule has 4 nitrogen and oxygen atoms in total. The zero-order chi connectivity index (χ0) is 5.21. The molecule has 0 aromatic heterocycles. The third-order valence-electron chi connectivity index (χ3n) is 0.115. The van der Waals surface area contributed by atoms with Gasteiger partial charge in [0.15, 0.2) is 0 Å². The van der Waals surface area contributed by atoms with Gasteiger partial charge in [-0.2, -0.15) is 13.7 Å². The number of rotatable bonds is 0. The van der Waals surface area contributed by atoms with E-state index in [0.29, 0.717) is 5.40 Å². The van der Waals surface area contributed by atoms with Crippen LogP contribution in [0.5, 0.6) is 0 Å². The fourth-order valence-corrected chi connectivity index (χ4v) is 0. The van der Waals surface area contributed by atoms with Crippen molar-refractivity contribution < 1.29 is 13.0 Å². The molecule has 0 fully saturated rings. The Bertz CT molecular complexity index is 164. The Morgan fingerprint density at radius 3 is 1.71 bits per heavy atom. The van der Waals surface area contributed by atoms with E-state index in [1.165, 1.54) is 0 Å². The van der Waals surface area contributed by atoms with Gasteiger partial charge in [0.2, 0.25) is 5.40 Å². The molecule has 35 valence electrons. The first-order valence-corrected chi connectivity index (χ1v) is 2.38. The van der Waals surface area contributed by atoms with Crippen molar-refractivity contribution in [2.75, 3.05) is 0 Å². The van der Waals surface area contributed by atoms with Crippen LogP contribution in [0.4, 0.5) is 0 Å². The van der Waals surface area contributed by atoms with Gasteiger partial charge in [0.1, 0.15) is 0 Å². The van der Waals surface area contributed by atoms with Crippen LogP contribution in [0.15, 0.2) is 0 Å². The molecule has 1 N–H and O–H groups in total. The normalized spacial score (nSPS) is 8.57. The monoisotopic (exact) mass is 146 g/mol. The first kappa shape index (κ1) is 10.9. The minimum Gasteiger partial charge on any atom is -0.274 e. The van der Waals surface area contributed by atoms with Crippen LogP contribution < -0.4 is 0 Å². The van der Waals surface area contributed by atoms with Crippen LogP contribution >= 0.6 is 0 Å². The molecule has 0 saturated carbocycles. The maximum atomic E-state index is 9.19. The van der Waals surface area contributed by atoms with Crippen LogP contribution in [0, 0.1) is 10.7 Å². The topological polar surface area (TPSA) is 78.2 Å². The molecule has 0 aliphatic rings. The van der Waals surface area contributed by atoms with E-state index in [1.807, 2.05) is 0 Å². The molecule has 0 spiro atoms. The quantitative estimate of drug-likeness (QED) is 0.205. The molecule has 0 bridgehead atoms. The molecule has 0 aliphatic heterocycles. The molecule has 0 rings (SSSR count). The van der Waals surface area contributed by atoms with Crippen molar-refractivity contribution >= 4 is 61.5 Å². The summed E-state index contributed by atoms with van der Waals surface area (Å²) in [6, 6.07) is 0. The summed E-state index contributed by atoms with van der Waals surface area (Å²) in [7, 11) is -4.36. The smallest absolute Gasteiger partial charge is 0.274 e. The summed E-state index contributed by atoms with van der Waals surface area (Å²) in [6.07, 6.45) is 0. The van der Waals surface area contributed by atoms with Gasteiger partial charge in [-0.05, 0) is 0 Å². The van der Waals surface area contributed by atoms with Crippen molar-refractivity contribution in [3.05, 3.63) is 0 Å². The summed E-state index contributed by atoms with van der Waals surface area (Å²) in [6.45, 7) is 0. The minimum absolute atomic E-state index is 0. The first-order valence-electron chi connectivity index (χ1n) is 0.944. The second-order valence-electron chi connectivity index (χ2n) is 0.566. The average molecular weight is 146 g/mol. The number of hydrogen-bond acceptors (Lipinski definition) is 3. The fraction of sp³-hybridized carbons (Fsp3) is 0. The Labute approximate surface area is 83.7 Å². The second-order valence-corrected chi connectivity index (χ2v) is 1.70. The Morgan fingerprint density at radius 2 is 1.71 bits per heavy atom. The summed E-state index contributed by atoms with van der Waals surface area (Å²) in [5.41, 5.74) is 0. The Morgan fingerprint density at radius 1 is 1.57 bits per heavy atom. The van der Waals surface area contributed by atoms with E-state index in [2.05, 4.69) is 0 Å². The molecule has 0 amide bonds. The molecular formula is CHKNO3S. The van der Waals surface area contributed by atoms with Gasteiger partial charge in [-0.3, -0.25) is 4.55 Å². The third-order valence-corrected chi connectivity index (χ3v) is 0.346. The maximum Gasteiger partial charge on any atom is 0.360 e. The number of nitriles is 1. The molecule has 1 radical (unpaired) electrons. The van der Waals surface area contributed by atoms with Crippen LogP contribution in [-0.2, 0) is 10.1 Å². The standard InChI is InChI=1S/CHNO3S.K/c2-1-6(3,4)5;/h(H,3,4,5);. The van der Waals surface area contributed by atoms with Gasteiger partial charge in [-0.15, -0.1) is 0 Å². The fourth-order valence-electron chi connectivity index (χ4n) is 0. The van der Waals surface area contributed by atoms with Crippen LogP contribution in [0.2, 0.25) is 0 Å².